The second-order valence-corrected chi connectivity index (χ2v) is 1.92. The molecule has 0 spiro atoms. The van der Waals surface area contributed by atoms with Crippen LogP contribution in [0.25, 0.3) is 0 Å². The Morgan fingerprint density at radius 2 is 2.12 bits per heavy atom. The van der Waals surface area contributed by atoms with Crippen LogP contribution in [0.2, 0.25) is 0 Å². The van der Waals surface area contributed by atoms with Crippen LogP contribution in [0.3, 0.4) is 0 Å². The van der Waals surface area contributed by atoms with Crippen molar-refractivity contribution in [2.75, 3.05) is 7.11 Å². The highest BCUT2D eigenvalue weighted by Crippen LogP contribution is 2.00. The molecule has 0 saturated heterocycles. The van der Waals surface area contributed by atoms with Crippen LogP contribution in [0.4, 0.5) is 0 Å². The first-order valence-corrected chi connectivity index (χ1v) is 2.93. The minimum atomic E-state index is -0.343. The largest absolute Gasteiger partial charge is 0.391 e. The molecule has 0 radical (unpaired) electrons. The van der Waals surface area contributed by atoms with Gasteiger partial charge in [-0.2, -0.15) is 0 Å². The number of hydrogen-bond donors (Lipinski definition) is 1. The molecule has 0 aliphatic carbocycles. The van der Waals surface area contributed by atoms with Crippen LogP contribution in [0.1, 0.15) is 20.3 Å². The number of hydrogen-bond acceptors (Lipinski definition) is 2. The normalized spacial score (nSPS) is 18.0. The molecule has 2 heteroatoms. The van der Waals surface area contributed by atoms with E-state index in [1.165, 1.54) is 0 Å². The van der Waals surface area contributed by atoms with Gasteiger partial charge < -0.3 is 9.84 Å². The smallest absolute Gasteiger partial charge is 0.0824 e. The highest BCUT2D eigenvalue weighted by Gasteiger charge is 2.09. The second kappa shape index (κ2) is 3.87. The molecule has 0 saturated carbocycles. The lowest BCUT2D eigenvalue weighted by Gasteiger charge is -2.14. The Morgan fingerprint density at radius 1 is 1.62 bits per heavy atom. The van der Waals surface area contributed by atoms with E-state index in [9.17, 15) is 0 Å². The Kier molecular flexibility index (Phi) is 3.83. The molecule has 0 aromatic rings. The first-order chi connectivity index (χ1) is 3.72. The summed E-state index contributed by atoms with van der Waals surface area (Å²) in [6.45, 7) is 3.72. The van der Waals surface area contributed by atoms with Crippen molar-refractivity contribution < 1.29 is 9.84 Å². The van der Waals surface area contributed by atoms with Gasteiger partial charge in [-0.1, -0.05) is 6.92 Å². The molecule has 1 unspecified atom stereocenters. The van der Waals surface area contributed by atoms with Crippen molar-refractivity contribution in [3.8, 4) is 0 Å². The summed E-state index contributed by atoms with van der Waals surface area (Å²) >= 11 is 0. The van der Waals surface area contributed by atoms with E-state index in [0.717, 1.165) is 6.42 Å². The molecule has 0 heterocycles. The Hall–Kier alpha value is -0.0800. The molecule has 0 aromatic heterocycles. The van der Waals surface area contributed by atoms with Crippen molar-refractivity contribution >= 4 is 0 Å². The van der Waals surface area contributed by atoms with E-state index in [4.69, 9.17) is 9.84 Å². The summed E-state index contributed by atoms with van der Waals surface area (Å²) < 4.78 is 4.91. The number of aliphatic hydroxyl groups excluding tert-OH is 1. The maximum absolute atomic E-state index is 8.89. The van der Waals surface area contributed by atoms with Gasteiger partial charge in [0.2, 0.25) is 0 Å². The van der Waals surface area contributed by atoms with E-state index < -0.39 is 0 Å². The molecule has 1 N–H and O–H groups in total. The summed E-state index contributed by atoms with van der Waals surface area (Å²) in [7, 11) is 1.61. The zero-order chi connectivity index (χ0) is 6.57. The third kappa shape index (κ3) is 2.28. The van der Waals surface area contributed by atoms with Gasteiger partial charge in [-0.25, -0.2) is 0 Å². The zero-order valence-electron chi connectivity index (χ0n) is 5.72. The molecule has 0 bridgehead atoms. The van der Waals surface area contributed by atoms with Gasteiger partial charge in [-0.05, 0) is 13.3 Å². The molecule has 2 nitrogen and oxygen atoms in total. The number of aliphatic hydroxyl groups is 1. The fourth-order valence-electron chi connectivity index (χ4n) is 0.705. The quantitative estimate of drug-likeness (QED) is 0.593. The number of ether oxygens (including phenoxy) is 1. The monoisotopic (exact) mass is 118 g/mol. The molecule has 0 fully saturated rings. The second-order valence-electron chi connectivity index (χ2n) is 1.92. The van der Waals surface area contributed by atoms with Crippen LogP contribution in [0.15, 0.2) is 0 Å². The summed E-state index contributed by atoms with van der Waals surface area (Å²) in [5.74, 6) is 0. The molecule has 0 amide bonds. The van der Waals surface area contributed by atoms with Crippen LogP contribution in [-0.2, 0) is 4.74 Å². The number of methoxy groups -OCH3 is 1. The maximum Gasteiger partial charge on any atom is 0.0824 e. The molecule has 8 heavy (non-hydrogen) atoms. The first kappa shape index (κ1) is 7.92. The highest BCUT2D eigenvalue weighted by molar-refractivity contribution is 4.59. The summed E-state index contributed by atoms with van der Waals surface area (Å²) in [5, 5.41) is 8.89. The SMILES string of the molecule is CCC(OC)[C@@H](C)O. The third-order valence-electron chi connectivity index (χ3n) is 1.24. The average Bonchev–Trinajstić information content (AvgIpc) is 1.69. The predicted molar refractivity (Wildman–Crippen MR) is 32.8 cm³/mol. The molecule has 0 rings (SSSR count). The van der Waals surface area contributed by atoms with E-state index in [0.29, 0.717) is 0 Å². The molecular formula is C6H14O2. The summed E-state index contributed by atoms with van der Waals surface area (Å²) in [6, 6.07) is 0. The van der Waals surface area contributed by atoms with E-state index in [2.05, 4.69) is 0 Å². The minimum absolute atomic E-state index is 0.00926. The van der Waals surface area contributed by atoms with E-state index in [1.807, 2.05) is 6.92 Å². The Morgan fingerprint density at radius 3 is 2.12 bits per heavy atom. The summed E-state index contributed by atoms with van der Waals surface area (Å²) in [4.78, 5) is 0. The number of rotatable bonds is 3. The van der Waals surface area contributed by atoms with Gasteiger partial charge in [0, 0.05) is 7.11 Å². The van der Waals surface area contributed by atoms with Gasteiger partial charge in [-0.3, -0.25) is 0 Å². The molecule has 0 aliphatic heterocycles. The summed E-state index contributed by atoms with van der Waals surface area (Å²) in [6.07, 6.45) is 0.536. The van der Waals surface area contributed by atoms with Crippen LogP contribution in [0, 0.1) is 0 Å². The van der Waals surface area contributed by atoms with Crippen molar-refractivity contribution in [3.63, 3.8) is 0 Å². The standard InChI is InChI=1S/C6H14O2/c1-4-6(8-3)5(2)7/h5-7H,4H2,1-3H3/t5-,6?/m1/s1. The van der Waals surface area contributed by atoms with E-state index >= 15 is 0 Å². The Bertz CT molecular complexity index is 48.5. The lowest BCUT2D eigenvalue weighted by Crippen LogP contribution is -2.23. The van der Waals surface area contributed by atoms with Crippen LogP contribution >= 0.6 is 0 Å². The Labute approximate surface area is 50.5 Å². The van der Waals surface area contributed by atoms with Gasteiger partial charge in [0.1, 0.15) is 0 Å². The van der Waals surface area contributed by atoms with Crippen LogP contribution in [-0.4, -0.2) is 24.4 Å². The summed E-state index contributed by atoms with van der Waals surface area (Å²) in [5.41, 5.74) is 0. The third-order valence-corrected chi connectivity index (χ3v) is 1.24. The van der Waals surface area contributed by atoms with Crippen LogP contribution in [0.5, 0.6) is 0 Å². The highest BCUT2D eigenvalue weighted by atomic mass is 16.5. The lowest BCUT2D eigenvalue weighted by molar-refractivity contribution is -0.00371. The molecule has 2 atom stereocenters. The van der Waals surface area contributed by atoms with Crippen molar-refractivity contribution in [1.82, 2.24) is 0 Å². The van der Waals surface area contributed by atoms with Gasteiger partial charge in [0.05, 0.1) is 12.2 Å². The zero-order valence-corrected chi connectivity index (χ0v) is 5.72. The molecule has 0 aromatic carbocycles. The van der Waals surface area contributed by atoms with Gasteiger partial charge in [-0.15, -0.1) is 0 Å². The van der Waals surface area contributed by atoms with E-state index in [-0.39, 0.29) is 12.2 Å². The fraction of sp³-hybridized carbons (Fsp3) is 1.00. The lowest BCUT2D eigenvalue weighted by atomic mass is 10.2. The Balaban J connectivity index is 3.35. The molecular weight excluding hydrogens is 104 g/mol. The van der Waals surface area contributed by atoms with Crippen molar-refractivity contribution in [1.29, 1.82) is 0 Å². The van der Waals surface area contributed by atoms with Crippen molar-refractivity contribution in [2.45, 2.75) is 32.5 Å². The topological polar surface area (TPSA) is 29.5 Å². The van der Waals surface area contributed by atoms with Gasteiger partial charge in [0.25, 0.3) is 0 Å². The first-order valence-electron chi connectivity index (χ1n) is 2.93. The minimum Gasteiger partial charge on any atom is -0.391 e. The average molecular weight is 118 g/mol. The van der Waals surface area contributed by atoms with Gasteiger partial charge >= 0.3 is 0 Å². The molecule has 0 aliphatic rings. The predicted octanol–water partition coefficient (Wildman–Crippen LogP) is 0.792. The molecule has 50 valence electrons. The van der Waals surface area contributed by atoms with Crippen molar-refractivity contribution in [3.05, 3.63) is 0 Å². The fourth-order valence-corrected chi connectivity index (χ4v) is 0.705. The van der Waals surface area contributed by atoms with E-state index in [1.54, 1.807) is 14.0 Å². The van der Waals surface area contributed by atoms with Gasteiger partial charge in [0.15, 0.2) is 0 Å². The van der Waals surface area contributed by atoms with Crippen LogP contribution < -0.4 is 0 Å². The van der Waals surface area contributed by atoms with Crippen molar-refractivity contribution in [2.24, 2.45) is 0 Å². The maximum atomic E-state index is 8.89.